The summed E-state index contributed by atoms with van der Waals surface area (Å²) in [5.41, 5.74) is 0. The number of sulfonamides is 1. The third-order valence-electron chi connectivity index (χ3n) is 4.07. The number of amides is 1. The van der Waals surface area contributed by atoms with E-state index in [1.54, 1.807) is 0 Å². The molecule has 0 unspecified atom stereocenters. The number of hydrogen-bond donors (Lipinski definition) is 0. The third kappa shape index (κ3) is 3.42. The molecule has 9 nitrogen and oxygen atoms in total. The molecule has 26 heavy (non-hydrogen) atoms. The minimum Gasteiger partial charge on any atom is -0.338 e. The van der Waals surface area contributed by atoms with Gasteiger partial charge >= 0.3 is 0 Å². The predicted molar refractivity (Wildman–Crippen MR) is 86.5 cm³/mol. The van der Waals surface area contributed by atoms with E-state index in [2.05, 4.69) is 10.2 Å². The van der Waals surface area contributed by atoms with Crippen LogP contribution in [0.2, 0.25) is 0 Å². The molecule has 1 fully saturated rings. The van der Waals surface area contributed by atoms with Crippen LogP contribution in [-0.4, -0.2) is 64.5 Å². The molecule has 2 heterocycles. The molecule has 0 atom stereocenters. The lowest BCUT2D eigenvalue weighted by molar-refractivity contribution is -0.133. The van der Waals surface area contributed by atoms with Gasteiger partial charge in [0.2, 0.25) is 21.8 Å². The number of rotatable bonds is 4. The number of hydrogen-bond acceptors (Lipinski definition) is 6. The Morgan fingerprint density at radius 2 is 1.92 bits per heavy atom. The Balaban J connectivity index is 1.65. The highest BCUT2D eigenvalue weighted by Gasteiger charge is 2.31. The molecule has 0 spiro atoms. The van der Waals surface area contributed by atoms with Crippen molar-refractivity contribution < 1.29 is 17.6 Å². The standard InChI is InChI=1S/C15H15FN6O3S/c16-12-3-1-2-4-13(12)26(24,25)22-7-5-20(6-8-22)15(23)10-21-11-18-19-14(21)9-17/h1-4,11H,5-8,10H2. The minimum absolute atomic E-state index is 0.0270. The maximum atomic E-state index is 13.8. The van der Waals surface area contributed by atoms with Gasteiger partial charge in [0.05, 0.1) is 0 Å². The van der Waals surface area contributed by atoms with Gasteiger partial charge in [0, 0.05) is 26.2 Å². The summed E-state index contributed by atoms with van der Waals surface area (Å²) in [6.45, 7) is 0.383. The van der Waals surface area contributed by atoms with E-state index in [0.717, 1.165) is 10.4 Å². The Bertz CT molecular complexity index is 960. The van der Waals surface area contributed by atoms with E-state index in [0.29, 0.717) is 0 Å². The first-order valence-corrected chi connectivity index (χ1v) is 9.18. The predicted octanol–water partition coefficient (Wildman–Crippen LogP) is -0.178. The molecule has 0 saturated carbocycles. The lowest BCUT2D eigenvalue weighted by Gasteiger charge is -2.34. The fraction of sp³-hybridized carbons (Fsp3) is 0.333. The zero-order valence-corrected chi connectivity index (χ0v) is 14.4. The van der Waals surface area contributed by atoms with E-state index in [-0.39, 0.29) is 49.4 Å². The molecule has 11 heteroatoms. The Morgan fingerprint density at radius 1 is 1.23 bits per heavy atom. The largest absolute Gasteiger partial charge is 0.338 e. The summed E-state index contributed by atoms with van der Waals surface area (Å²) >= 11 is 0. The second-order valence-electron chi connectivity index (χ2n) is 5.61. The van der Waals surface area contributed by atoms with Gasteiger partial charge in [-0.05, 0) is 12.1 Å². The fourth-order valence-electron chi connectivity index (χ4n) is 2.67. The van der Waals surface area contributed by atoms with Crippen LogP contribution in [0.25, 0.3) is 0 Å². The number of aromatic nitrogens is 3. The van der Waals surface area contributed by atoms with Crippen LogP contribution in [0.1, 0.15) is 5.82 Å². The first-order chi connectivity index (χ1) is 12.4. The zero-order valence-electron chi connectivity index (χ0n) is 13.6. The summed E-state index contributed by atoms with van der Waals surface area (Å²) in [6.07, 6.45) is 1.29. The summed E-state index contributed by atoms with van der Waals surface area (Å²) in [5.74, 6) is -1.05. The van der Waals surface area contributed by atoms with Crippen molar-refractivity contribution in [1.29, 1.82) is 5.26 Å². The molecule has 1 saturated heterocycles. The third-order valence-corrected chi connectivity index (χ3v) is 6.00. The molecule has 1 aliphatic rings. The maximum Gasteiger partial charge on any atom is 0.246 e. The highest BCUT2D eigenvalue weighted by Crippen LogP contribution is 2.20. The van der Waals surface area contributed by atoms with Gasteiger partial charge in [-0.25, -0.2) is 12.8 Å². The van der Waals surface area contributed by atoms with Crippen LogP contribution in [0.15, 0.2) is 35.5 Å². The lowest BCUT2D eigenvalue weighted by Crippen LogP contribution is -2.51. The summed E-state index contributed by atoms with van der Waals surface area (Å²) < 4.78 is 41.4. The maximum absolute atomic E-state index is 13.8. The zero-order chi connectivity index (χ0) is 18.7. The van der Waals surface area contributed by atoms with Crippen molar-refractivity contribution in [3.05, 3.63) is 42.2 Å². The van der Waals surface area contributed by atoms with E-state index >= 15 is 0 Å². The highest BCUT2D eigenvalue weighted by atomic mass is 32.2. The molecule has 3 rings (SSSR count). The molecule has 1 aromatic heterocycles. The van der Waals surface area contributed by atoms with Crippen LogP contribution in [0.3, 0.4) is 0 Å². The topological polar surface area (TPSA) is 112 Å². The van der Waals surface area contributed by atoms with E-state index in [9.17, 15) is 17.6 Å². The number of carbonyl (C=O) groups excluding carboxylic acids is 1. The van der Waals surface area contributed by atoms with Crippen LogP contribution < -0.4 is 0 Å². The molecule has 0 radical (unpaired) electrons. The van der Waals surface area contributed by atoms with Crippen molar-refractivity contribution in [3.8, 4) is 6.07 Å². The van der Waals surface area contributed by atoms with E-state index in [1.165, 1.54) is 34.0 Å². The molecule has 1 aliphatic heterocycles. The molecule has 1 amide bonds. The average molecular weight is 378 g/mol. The molecule has 0 aliphatic carbocycles. The first-order valence-electron chi connectivity index (χ1n) is 7.74. The second-order valence-corrected chi connectivity index (χ2v) is 7.52. The van der Waals surface area contributed by atoms with Gasteiger partial charge in [0.25, 0.3) is 0 Å². The number of nitrogens with zero attached hydrogens (tertiary/aromatic N) is 6. The number of benzene rings is 1. The van der Waals surface area contributed by atoms with E-state index in [4.69, 9.17) is 5.26 Å². The minimum atomic E-state index is -3.95. The van der Waals surface area contributed by atoms with E-state index in [1.807, 2.05) is 6.07 Å². The van der Waals surface area contributed by atoms with Crippen LogP contribution >= 0.6 is 0 Å². The summed E-state index contributed by atoms with van der Waals surface area (Å²) in [6, 6.07) is 7.03. The molecule has 136 valence electrons. The van der Waals surface area contributed by atoms with Crippen LogP contribution in [0.5, 0.6) is 0 Å². The van der Waals surface area contributed by atoms with Gasteiger partial charge in [-0.3, -0.25) is 9.36 Å². The van der Waals surface area contributed by atoms with Gasteiger partial charge in [-0.15, -0.1) is 10.2 Å². The molecule has 2 aromatic rings. The van der Waals surface area contributed by atoms with Gasteiger partial charge in [-0.2, -0.15) is 9.57 Å². The fourth-order valence-corrected chi connectivity index (χ4v) is 4.16. The Morgan fingerprint density at radius 3 is 2.58 bits per heavy atom. The quantitative estimate of drug-likeness (QED) is 0.730. The number of piperazine rings is 1. The van der Waals surface area contributed by atoms with Crippen molar-refractivity contribution in [1.82, 2.24) is 24.0 Å². The molecule has 0 N–H and O–H groups in total. The SMILES string of the molecule is N#Cc1nncn1CC(=O)N1CCN(S(=O)(=O)c2ccccc2F)CC1. The van der Waals surface area contributed by atoms with Gasteiger partial charge in [0.15, 0.2) is 0 Å². The normalized spacial score (nSPS) is 15.6. The van der Waals surface area contributed by atoms with Crippen LogP contribution in [0, 0.1) is 17.1 Å². The summed E-state index contributed by atoms with van der Waals surface area (Å²) in [5, 5.41) is 16.0. The Hall–Kier alpha value is -2.84. The first kappa shape index (κ1) is 18.0. The summed E-state index contributed by atoms with van der Waals surface area (Å²) in [7, 11) is -3.95. The van der Waals surface area contributed by atoms with Crippen molar-refractivity contribution in [2.24, 2.45) is 0 Å². The molecular formula is C15H15FN6O3S. The van der Waals surface area contributed by atoms with Crippen LogP contribution in [-0.2, 0) is 21.4 Å². The van der Waals surface area contributed by atoms with Gasteiger partial charge in [-0.1, -0.05) is 12.1 Å². The van der Waals surface area contributed by atoms with Crippen molar-refractivity contribution in [3.63, 3.8) is 0 Å². The van der Waals surface area contributed by atoms with Crippen LogP contribution in [0.4, 0.5) is 4.39 Å². The Labute approximate surface area is 149 Å². The van der Waals surface area contributed by atoms with Gasteiger partial charge < -0.3 is 4.90 Å². The Kier molecular flexibility index (Phi) is 4.97. The van der Waals surface area contributed by atoms with Gasteiger partial charge in [0.1, 0.15) is 29.7 Å². The number of nitriles is 1. The molecular weight excluding hydrogens is 363 g/mol. The van der Waals surface area contributed by atoms with E-state index < -0.39 is 15.8 Å². The highest BCUT2D eigenvalue weighted by molar-refractivity contribution is 7.89. The summed E-state index contributed by atoms with van der Waals surface area (Å²) in [4.78, 5) is 13.4. The average Bonchev–Trinajstić information content (AvgIpc) is 3.09. The molecule has 1 aromatic carbocycles. The number of halogens is 1. The van der Waals surface area contributed by atoms with Crippen molar-refractivity contribution in [2.45, 2.75) is 11.4 Å². The van der Waals surface area contributed by atoms with Crippen molar-refractivity contribution >= 4 is 15.9 Å². The smallest absolute Gasteiger partial charge is 0.246 e. The number of carbonyl (C=O) groups is 1. The monoisotopic (exact) mass is 378 g/mol. The second kappa shape index (κ2) is 7.19. The van der Waals surface area contributed by atoms with Crippen molar-refractivity contribution in [2.75, 3.05) is 26.2 Å². The molecule has 0 bridgehead atoms. The lowest BCUT2D eigenvalue weighted by atomic mass is 10.3.